The Morgan fingerprint density at radius 1 is 1.40 bits per heavy atom. The standard InChI is InChI=1S/C12H15NO6S/c1-13(20(16,17)8-12(14)15)6-9-7-18-10-4-2-3-5-11(10)19-9/h2-5,9H,6-8H2,1H3,(H,14,15). The molecule has 1 N–H and O–H groups in total. The third kappa shape index (κ3) is 3.40. The maximum Gasteiger partial charge on any atom is 0.320 e. The molecule has 8 heteroatoms. The number of sulfonamides is 1. The van der Waals surface area contributed by atoms with Gasteiger partial charge < -0.3 is 14.6 Å². The van der Waals surface area contributed by atoms with Crippen molar-refractivity contribution in [3.05, 3.63) is 24.3 Å². The summed E-state index contributed by atoms with van der Waals surface area (Å²) < 4.78 is 35.5. The molecule has 0 amide bonds. The third-order valence-corrected chi connectivity index (χ3v) is 4.52. The number of carbonyl (C=O) groups is 1. The van der Waals surface area contributed by atoms with Gasteiger partial charge in [-0.05, 0) is 12.1 Å². The molecule has 1 unspecified atom stereocenters. The lowest BCUT2D eigenvalue weighted by Crippen LogP contribution is -2.43. The summed E-state index contributed by atoms with van der Waals surface area (Å²) >= 11 is 0. The molecular weight excluding hydrogens is 286 g/mol. The van der Waals surface area contributed by atoms with Crippen LogP contribution in [0.4, 0.5) is 0 Å². The Labute approximate surface area is 116 Å². The number of nitrogens with zero attached hydrogens (tertiary/aromatic N) is 1. The van der Waals surface area contributed by atoms with Gasteiger partial charge in [-0.25, -0.2) is 12.7 Å². The Morgan fingerprint density at radius 2 is 2.05 bits per heavy atom. The molecule has 0 spiro atoms. The summed E-state index contributed by atoms with van der Waals surface area (Å²) in [5.74, 6) is -1.16. The molecule has 7 nitrogen and oxygen atoms in total. The summed E-state index contributed by atoms with van der Waals surface area (Å²) in [6.45, 7) is 0.244. The monoisotopic (exact) mass is 301 g/mol. The number of likely N-dealkylation sites (N-methyl/N-ethyl adjacent to an activating group) is 1. The van der Waals surface area contributed by atoms with Crippen molar-refractivity contribution in [1.82, 2.24) is 4.31 Å². The Balaban J connectivity index is 2.00. The highest BCUT2D eigenvalue weighted by Crippen LogP contribution is 2.31. The summed E-state index contributed by atoms with van der Waals surface area (Å²) in [5, 5.41) is 8.57. The quantitative estimate of drug-likeness (QED) is 0.833. The van der Waals surface area contributed by atoms with Crippen molar-refractivity contribution in [2.75, 3.05) is 26.0 Å². The van der Waals surface area contributed by atoms with Crippen molar-refractivity contribution >= 4 is 16.0 Å². The number of carboxylic acid groups (broad SMARTS) is 1. The van der Waals surface area contributed by atoms with Gasteiger partial charge in [0.1, 0.15) is 12.7 Å². The number of para-hydroxylation sites is 2. The van der Waals surface area contributed by atoms with Crippen LogP contribution in [0.2, 0.25) is 0 Å². The Hall–Kier alpha value is -1.80. The van der Waals surface area contributed by atoms with E-state index < -0.39 is 27.8 Å². The average molecular weight is 301 g/mol. The Bertz CT molecular complexity index is 600. The molecule has 2 rings (SSSR count). The van der Waals surface area contributed by atoms with Crippen LogP contribution in [0, 0.1) is 0 Å². The van der Waals surface area contributed by atoms with Gasteiger partial charge in [0.05, 0.1) is 6.54 Å². The van der Waals surface area contributed by atoms with Gasteiger partial charge in [-0.1, -0.05) is 12.1 Å². The molecule has 1 aliphatic heterocycles. The fourth-order valence-electron chi connectivity index (χ4n) is 1.82. The van der Waals surface area contributed by atoms with Crippen LogP contribution in [-0.4, -0.2) is 55.9 Å². The van der Waals surface area contributed by atoms with Crippen molar-refractivity contribution in [2.45, 2.75) is 6.10 Å². The van der Waals surface area contributed by atoms with E-state index in [-0.39, 0.29) is 13.2 Å². The van der Waals surface area contributed by atoms with Crippen LogP contribution < -0.4 is 9.47 Å². The van der Waals surface area contributed by atoms with Gasteiger partial charge in [0.15, 0.2) is 17.3 Å². The van der Waals surface area contributed by atoms with Gasteiger partial charge in [0.25, 0.3) is 0 Å². The molecule has 0 saturated heterocycles. The number of ether oxygens (including phenoxy) is 2. The van der Waals surface area contributed by atoms with E-state index in [2.05, 4.69) is 0 Å². The van der Waals surface area contributed by atoms with Crippen molar-refractivity contribution in [3.8, 4) is 11.5 Å². The van der Waals surface area contributed by atoms with E-state index in [1.54, 1.807) is 18.2 Å². The SMILES string of the molecule is CN(CC1COc2ccccc2O1)S(=O)(=O)CC(=O)O. The lowest BCUT2D eigenvalue weighted by atomic mass is 10.2. The molecule has 110 valence electrons. The highest BCUT2D eigenvalue weighted by atomic mass is 32.2. The van der Waals surface area contributed by atoms with E-state index >= 15 is 0 Å². The molecule has 0 aromatic heterocycles. The van der Waals surface area contributed by atoms with Crippen molar-refractivity contribution < 1.29 is 27.8 Å². The van der Waals surface area contributed by atoms with Crippen LogP contribution in [0.5, 0.6) is 11.5 Å². The van der Waals surface area contributed by atoms with Crippen molar-refractivity contribution in [3.63, 3.8) is 0 Å². The van der Waals surface area contributed by atoms with Gasteiger partial charge in [0, 0.05) is 7.05 Å². The van der Waals surface area contributed by atoms with E-state index in [0.29, 0.717) is 11.5 Å². The molecule has 0 aliphatic carbocycles. The zero-order valence-corrected chi connectivity index (χ0v) is 11.7. The lowest BCUT2D eigenvalue weighted by Gasteiger charge is -2.29. The summed E-state index contributed by atoms with van der Waals surface area (Å²) in [5.41, 5.74) is 0. The molecule has 1 aliphatic rings. The van der Waals surface area contributed by atoms with E-state index in [1.807, 2.05) is 6.07 Å². The van der Waals surface area contributed by atoms with Gasteiger partial charge in [-0.15, -0.1) is 0 Å². The van der Waals surface area contributed by atoms with Crippen LogP contribution in [0.1, 0.15) is 0 Å². The number of carboxylic acids is 1. The van der Waals surface area contributed by atoms with E-state index in [4.69, 9.17) is 14.6 Å². The minimum atomic E-state index is -3.84. The van der Waals surface area contributed by atoms with Gasteiger partial charge in [-0.3, -0.25) is 4.79 Å². The lowest BCUT2D eigenvalue weighted by molar-refractivity contribution is -0.134. The van der Waals surface area contributed by atoms with Crippen LogP contribution >= 0.6 is 0 Å². The number of rotatable bonds is 5. The molecule has 0 bridgehead atoms. The van der Waals surface area contributed by atoms with E-state index in [0.717, 1.165) is 4.31 Å². The second kappa shape index (κ2) is 5.68. The summed E-state index contributed by atoms with van der Waals surface area (Å²) in [6, 6.07) is 7.09. The zero-order chi connectivity index (χ0) is 14.8. The van der Waals surface area contributed by atoms with Crippen molar-refractivity contribution in [1.29, 1.82) is 0 Å². The summed E-state index contributed by atoms with van der Waals surface area (Å²) in [7, 11) is -2.52. The number of aliphatic carboxylic acids is 1. The first-order chi connectivity index (χ1) is 9.38. The summed E-state index contributed by atoms with van der Waals surface area (Å²) in [4.78, 5) is 10.5. The Kier molecular flexibility index (Phi) is 4.15. The topological polar surface area (TPSA) is 93.1 Å². The average Bonchev–Trinajstić information content (AvgIpc) is 2.37. The van der Waals surface area contributed by atoms with Crippen LogP contribution in [0.15, 0.2) is 24.3 Å². The van der Waals surface area contributed by atoms with E-state index in [1.165, 1.54) is 7.05 Å². The predicted molar refractivity (Wildman–Crippen MR) is 70.4 cm³/mol. The smallest absolute Gasteiger partial charge is 0.320 e. The zero-order valence-electron chi connectivity index (χ0n) is 10.9. The predicted octanol–water partition coefficient (Wildman–Crippen LogP) is 0.173. The second-order valence-corrected chi connectivity index (χ2v) is 6.50. The first-order valence-corrected chi connectivity index (χ1v) is 7.53. The molecule has 1 aromatic carbocycles. The molecule has 20 heavy (non-hydrogen) atoms. The van der Waals surface area contributed by atoms with Crippen LogP contribution in [-0.2, 0) is 14.8 Å². The molecule has 0 fully saturated rings. The van der Waals surface area contributed by atoms with Crippen molar-refractivity contribution in [2.24, 2.45) is 0 Å². The Morgan fingerprint density at radius 3 is 2.70 bits per heavy atom. The normalized spacial score (nSPS) is 18.0. The second-order valence-electron chi connectivity index (χ2n) is 4.43. The third-order valence-electron chi connectivity index (χ3n) is 2.81. The van der Waals surface area contributed by atoms with Gasteiger partial charge >= 0.3 is 5.97 Å². The highest BCUT2D eigenvalue weighted by molar-refractivity contribution is 7.89. The number of fused-ring (bicyclic) bond motifs is 1. The minimum absolute atomic E-state index is 0.0317. The maximum atomic E-state index is 11.7. The largest absolute Gasteiger partial charge is 0.486 e. The maximum absolute atomic E-state index is 11.7. The molecule has 0 radical (unpaired) electrons. The van der Waals surface area contributed by atoms with E-state index in [9.17, 15) is 13.2 Å². The summed E-state index contributed by atoms with van der Waals surface area (Å²) in [6.07, 6.45) is -0.474. The minimum Gasteiger partial charge on any atom is -0.486 e. The molecule has 0 saturated carbocycles. The fourth-order valence-corrected chi connectivity index (χ4v) is 2.75. The number of benzene rings is 1. The molecule has 1 aromatic rings. The molecule has 1 atom stereocenters. The molecular formula is C12H15NO6S. The van der Waals surface area contributed by atoms with Crippen LogP contribution in [0.3, 0.4) is 0 Å². The van der Waals surface area contributed by atoms with Gasteiger partial charge in [0.2, 0.25) is 10.0 Å². The molecule has 1 heterocycles. The number of hydrogen-bond acceptors (Lipinski definition) is 5. The van der Waals surface area contributed by atoms with Gasteiger partial charge in [-0.2, -0.15) is 0 Å². The highest BCUT2D eigenvalue weighted by Gasteiger charge is 2.28. The van der Waals surface area contributed by atoms with Crippen LogP contribution in [0.25, 0.3) is 0 Å². The first-order valence-electron chi connectivity index (χ1n) is 5.93. The first kappa shape index (κ1) is 14.6. The fraction of sp³-hybridized carbons (Fsp3) is 0.417. The number of hydrogen-bond donors (Lipinski definition) is 1.